The number of amides is 1. The van der Waals surface area contributed by atoms with Gasteiger partial charge in [0.05, 0.1) is 26.3 Å². The van der Waals surface area contributed by atoms with Crippen LogP contribution in [0.5, 0.6) is 0 Å². The van der Waals surface area contributed by atoms with E-state index < -0.39 is 0 Å². The van der Waals surface area contributed by atoms with Crippen LogP contribution in [0.2, 0.25) is 0 Å². The van der Waals surface area contributed by atoms with E-state index in [4.69, 9.17) is 9.73 Å². The van der Waals surface area contributed by atoms with Crippen molar-refractivity contribution in [2.24, 2.45) is 4.99 Å². The molecule has 3 rings (SSSR count). The molecule has 1 atom stereocenters. The third-order valence-electron chi connectivity index (χ3n) is 5.18. The van der Waals surface area contributed by atoms with E-state index in [1.807, 2.05) is 18.2 Å². The lowest BCUT2D eigenvalue weighted by atomic mass is 10.2. The Morgan fingerprint density at radius 2 is 1.93 bits per heavy atom. The Labute approximate surface area is 185 Å². The van der Waals surface area contributed by atoms with Crippen LogP contribution in [0.1, 0.15) is 12.0 Å². The van der Waals surface area contributed by atoms with Gasteiger partial charge in [0, 0.05) is 46.3 Å². The molecule has 8 heteroatoms. The zero-order chi connectivity index (χ0) is 19.1. The van der Waals surface area contributed by atoms with Crippen LogP contribution >= 0.6 is 24.0 Å². The average Bonchev–Trinajstić information content (AvgIpc) is 3.19. The van der Waals surface area contributed by atoms with Gasteiger partial charge >= 0.3 is 0 Å². The van der Waals surface area contributed by atoms with Crippen LogP contribution in [-0.2, 0) is 16.1 Å². The first-order valence-corrected chi connectivity index (χ1v) is 9.72. The molecule has 7 nitrogen and oxygen atoms in total. The van der Waals surface area contributed by atoms with E-state index in [0.717, 1.165) is 51.8 Å². The Morgan fingerprint density at radius 3 is 2.61 bits per heavy atom. The monoisotopic (exact) mass is 501 g/mol. The van der Waals surface area contributed by atoms with Gasteiger partial charge in [0.1, 0.15) is 0 Å². The van der Waals surface area contributed by atoms with Crippen molar-refractivity contribution in [2.45, 2.75) is 19.0 Å². The number of carbonyl (C=O) groups excluding carboxylic acids is 1. The van der Waals surface area contributed by atoms with E-state index >= 15 is 0 Å². The summed E-state index contributed by atoms with van der Waals surface area (Å²) in [6.07, 6.45) is 1.12. The zero-order valence-corrected chi connectivity index (χ0v) is 19.2. The van der Waals surface area contributed by atoms with Gasteiger partial charge in [0.2, 0.25) is 5.91 Å². The number of likely N-dealkylation sites (N-methyl/N-ethyl adjacent to an activating group) is 1. The Morgan fingerprint density at radius 1 is 1.21 bits per heavy atom. The average molecular weight is 501 g/mol. The maximum atomic E-state index is 12.0. The molecule has 0 bridgehead atoms. The van der Waals surface area contributed by atoms with E-state index in [2.05, 4.69) is 27.2 Å². The minimum atomic E-state index is 0. The standard InChI is InChI=1S/C20H31N5O2.HI/c1-23(2)19(26)15-22-20(21-14-17-6-4-3-5-7-17)25-9-8-18(16-25)24-10-12-27-13-11-24;/h3-7,18H,8-16H2,1-2H3,(H,21,22);1H. The molecule has 156 valence electrons. The number of hydrogen-bond donors (Lipinski definition) is 1. The highest BCUT2D eigenvalue weighted by Crippen LogP contribution is 2.17. The molecule has 0 aliphatic carbocycles. The summed E-state index contributed by atoms with van der Waals surface area (Å²) in [4.78, 5) is 23.2. The molecule has 2 heterocycles. The number of benzene rings is 1. The summed E-state index contributed by atoms with van der Waals surface area (Å²) in [5.74, 6) is 0.871. The second-order valence-corrected chi connectivity index (χ2v) is 7.30. The van der Waals surface area contributed by atoms with E-state index in [-0.39, 0.29) is 36.4 Å². The SMILES string of the molecule is CN(C)C(=O)CNC(=NCc1ccccc1)N1CCC(N2CCOCC2)C1.I. The molecule has 28 heavy (non-hydrogen) atoms. The van der Waals surface area contributed by atoms with Gasteiger partial charge in [-0.15, -0.1) is 24.0 Å². The first kappa shape index (κ1) is 22.9. The highest BCUT2D eigenvalue weighted by molar-refractivity contribution is 14.0. The van der Waals surface area contributed by atoms with Crippen molar-refractivity contribution in [1.29, 1.82) is 0 Å². The van der Waals surface area contributed by atoms with Gasteiger partial charge in [-0.2, -0.15) is 0 Å². The van der Waals surface area contributed by atoms with Crippen molar-refractivity contribution in [1.82, 2.24) is 20.0 Å². The lowest BCUT2D eigenvalue weighted by Crippen LogP contribution is -2.48. The highest BCUT2D eigenvalue weighted by Gasteiger charge is 2.30. The van der Waals surface area contributed by atoms with Crippen molar-refractivity contribution in [2.75, 3.05) is 60.0 Å². The number of rotatable bonds is 5. The molecule has 0 saturated carbocycles. The Bertz CT molecular complexity index is 635. The fraction of sp³-hybridized carbons (Fsp3) is 0.600. The van der Waals surface area contributed by atoms with Gasteiger partial charge in [-0.05, 0) is 12.0 Å². The maximum Gasteiger partial charge on any atom is 0.241 e. The van der Waals surface area contributed by atoms with Crippen LogP contribution in [-0.4, -0.2) is 92.6 Å². The van der Waals surface area contributed by atoms with Gasteiger partial charge < -0.3 is 19.9 Å². The second-order valence-electron chi connectivity index (χ2n) is 7.30. The molecule has 0 aromatic heterocycles. The Hall–Kier alpha value is -1.39. The summed E-state index contributed by atoms with van der Waals surface area (Å²) in [7, 11) is 3.55. The zero-order valence-electron chi connectivity index (χ0n) is 16.8. The van der Waals surface area contributed by atoms with Crippen molar-refractivity contribution in [3.8, 4) is 0 Å². The molecule has 2 fully saturated rings. The van der Waals surface area contributed by atoms with Gasteiger partial charge in [-0.25, -0.2) is 4.99 Å². The van der Waals surface area contributed by atoms with Crippen LogP contribution in [0, 0.1) is 0 Å². The lowest BCUT2D eigenvalue weighted by molar-refractivity contribution is -0.127. The van der Waals surface area contributed by atoms with Crippen molar-refractivity contribution < 1.29 is 9.53 Å². The van der Waals surface area contributed by atoms with Crippen molar-refractivity contribution in [3.05, 3.63) is 35.9 Å². The number of nitrogens with zero attached hydrogens (tertiary/aromatic N) is 4. The van der Waals surface area contributed by atoms with Gasteiger partial charge in [-0.1, -0.05) is 30.3 Å². The minimum Gasteiger partial charge on any atom is -0.379 e. The number of aliphatic imine (C=N–C) groups is 1. The largest absolute Gasteiger partial charge is 0.379 e. The quantitative estimate of drug-likeness (QED) is 0.374. The molecule has 2 aliphatic rings. The van der Waals surface area contributed by atoms with Gasteiger partial charge in [0.15, 0.2) is 5.96 Å². The van der Waals surface area contributed by atoms with Crippen molar-refractivity contribution in [3.63, 3.8) is 0 Å². The molecule has 1 amide bonds. The summed E-state index contributed by atoms with van der Waals surface area (Å²) < 4.78 is 5.47. The minimum absolute atomic E-state index is 0. The number of halogens is 1. The third-order valence-corrected chi connectivity index (χ3v) is 5.18. The summed E-state index contributed by atoms with van der Waals surface area (Å²) >= 11 is 0. The number of nitrogens with one attached hydrogen (secondary N) is 1. The van der Waals surface area contributed by atoms with Crippen LogP contribution in [0.15, 0.2) is 35.3 Å². The maximum absolute atomic E-state index is 12.0. The van der Waals surface area contributed by atoms with E-state index in [1.165, 1.54) is 5.56 Å². The van der Waals surface area contributed by atoms with E-state index in [0.29, 0.717) is 12.6 Å². The van der Waals surface area contributed by atoms with E-state index in [9.17, 15) is 4.79 Å². The van der Waals surface area contributed by atoms with Gasteiger partial charge in [-0.3, -0.25) is 9.69 Å². The molecular weight excluding hydrogens is 469 g/mol. The van der Waals surface area contributed by atoms with Crippen LogP contribution < -0.4 is 5.32 Å². The number of carbonyl (C=O) groups is 1. The molecule has 2 saturated heterocycles. The molecule has 1 N–H and O–H groups in total. The fourth-order valence-corrected chi connectivity index (χ4v) is 3.50. The third kappa shape index (κ3) is 6.59. The lowest BCUT2D eigenvalue weighted by Gasteiger charge is -2.32. The van der Waals surface area contributed by atoms with E-state index in [1.54, 1.807) is 19.0 Å². The first-order valence-electron chi connectivity index (χ1n) is 9.72. The Balaban J connectivity index is 0.00000280. The highest BCUT2D eigenvalue weighted by atomic mass is 127. The molecule has 0 spiro atoms. The first-order chi connectivity index (χ1) is 13.1. The number of ether oxygens (including phenoxy) is 1. The molecule has 1 aromatic rings. The summed E-state index contributed by atoms with van der Waals surface area (Å²) in [5, 5.41) is 3.28. The predicted octanol–water partition coefficient (Wildman–Crippen LogP) is 1.24. The Kier molecular flexibility index (Phi) is 9.46. The number of hydrogen-bond acceptors (Lipinski definition) is 4. The molecular formula is C20H32IN5O2. The summed E-state index contributed by atoms with van der Waals surface area (Å²) in [5.41, 5.74) is 1.17. The smallest absolute Gasteiger partial charge is 0.241 e. The van der Waals surface area contributed by atoms with Crippen LogP contribution in [0.3, 0.4) is 0 Å². The number of likely N-dealkylation sites (tertiary alicyclic amines) is 1. The second kappa shape index (κ2) is 11.6. The fourth-order valence-electron chi connectivity index (χ4n) is 3.50. The molecule has 1 aromatic carbocycles. The predicted molar refractivity (Wildman–Crippen MR) is 122 cm³/mol. The number of guanidine groups is 1. The molecule has 0 radical (unpaired) electrons. The summed E-state index contributed by atoms with van der Waals surface area (Å²) in [6, 6.07) is 10.7. The van der Waals surface area contributed by atoms with Crippen LogP contribution in [0.4, 0.5) is 0 Å². The number of morpholine rings is 1. The summed E-state index contributed by atoms with van der Waals surface area (Å²) in [6.45, 7) is 6.41. The molecule has 1 unspecified atom stereocenters. The topological polar surface area (TPSA) is 60.4 Å². The normalized spacial score (nSPS) is 20.6. The van der Waals surface area contributed by atoms with Gasteiger partial charge in [0.25, 0.3) is 0 Å². The molecule has 2 aliphatic heterocycles. The van der Waals surface area contributed by atoms with Crippen molar-refractivity contribution >= 4 is 35.8 Å². The van der Waals surface area contributed by atoms with Crippen LogP contribution in [0.25, 0.3) is 0 Å².